The third-order valence-corrected chi connectivity index (χ3v) is 5.24. The van der Waals surface area contributed by atoms with E-state index in [9.17, 15) is 26.4 Å². The maximum absolute atomic E-state index is 12.3. The molecule has 25 heavy (non-hydrogen) atoms. The Balaban J connectivity index is 2.01. The van der Waals surface area contributed by atoms with E-state index in [1.54, 1.807) is 5.32 Å². The number of nitrogens with one attached hydrogen (secondary N) is 3. The van der Waals surface area contributed by atoms with Crippen molar-refractivity contribution in [3.63, 3.8) is 0 Å². The van der Waals surface area contributed by atoms with Crippen molar-refractivity contribution in [2.24, 2.45) is 5.92 Å². The number of alkyl halides is 3. The Morgan fingerprint density at radius 2 is 2.08 bits per heavy atom. The van der Waals surface area contributed by atoms with Gasteiger partial charge in [0.1, 0.15) is 6.54 Å². The predicted octanol–water partition coefficient (Wildman–Crippen LogP) is 1.26. The van der Waals surface area contributed by atoms with E-state index in [1.807, 2.05) is 0 Å². The van der Waals surface area contributed by atoms with Gasteiger partial charge in [0.2, 0.25) is 10.0 Å². The zero-order valence-electron chi connectivity index (χ0n) is 13.4. The van der Waals surface area contributed by atoms with Gasteiger partial charge >= 0.3 is 6.18 Å². The van der Waals surface area contributed by atoms with Crippen LogP contribution in [-0.2, 0) is 10.0 Å². The predicted molar refractivity (Wildman–Crippen MR) is 85.6 cm³/mol. The smallest absolute Gasteiger partial charge is 0.343 e. The molecule has 1 aliphatic rings. The third-order valence-electron chi connectivity index (χ3n) is 3.82. The molecular weight excluding hydrogens is 359 g/mol. The summed E-state index contributed by atoms with van der Waals surface area (Å²) in [5.74, 6) is -0.798. The van der Waals surface area contributed by atoms with E-state index in [2.05, 4.69) is 10.0 Å². The second-order valence-corrected chi connectivity index (χ2v) is 7.66. The minimum atomic E-state index is -4.53. The first-order chi connectivity index (χ1) is 11.7. The van der Waals surface area contributed by atoms with Crippen LogP contribution in [-0.4, -0.2) is 46.7 Å². The van der Waals surface area contributed by atoms with Crippen LogP contribution < -0.4 is 15.4 Å². The lowest BCUT2D eigenvalue weighted by molar-refractivity contribution is -0.123. The van der Waals surface area contributed by atoms with Gasteiger partial charge in [0.25, 0.3) is 5.91 Å². The molecule has 0 aliphatic carbocycles. The van der Waals surface area contributed by atoms with Crippen molar-refractivity contribution in [3.05, 3.63) is 29.8 Å². The van der Waals surface area contributed by atoms with E-state index in [0.29, 0.717) is 0 Å². The molecule has 1 heterocycles. The zero-order chi connectivity index (χ0) is 18.5. The Labute approximate surface area is 144 Å². The van der Waals surface area contributed by atoms with Crippen molar-refractivity contribution in [3.8, 4) is 0 Å². The summed E-state index contributed by atoms with van der Waals surface area (Å²) in [5.41, 5.74) is -0.147. The van der Waals surface area contributed by atoms with Gasteiger partial charge in [-0.1, -0.05) is 6.07 Å². The molecule has 1 atom stereocenters. The number of sulfonamides is 1. The molecule has 1 amide bonds. The number of hydrogen-bond donors (Lipinski definition) is 3. The Bertz CT molecular complexity index is 701. The highest BCUT2D eigenvalue weighted by atomic mass is 32.2. The molecule has 10 heteroatoms. The van der Waals surface area contributed by atoms with Crippen molar-refractivity contribution < 1.29 is 26.4 Å². The minimum Gasteiger partial charge on any atom is -0.343 e. The number of carbonyl (C=O) groups is 1. The van der Waals surface area contributed by atoms with Gasteiger partial charge in [0.15, 0.2) is 0 Å². The molecular formula is C15H20F3N3O3S. The van der Waals surface area contributed by atoms with Gasteiger partial charge in [-0.2, -0.15) is 13.2 Å². The van der Waals surface area contributed by atoms with E-state index in [1.165, 1.54) is 18.2 Å². The lowest BCUT2D eigenvalue weighted by Gasteiger charge is -2.22. The van der Waals surface area contributed by atoms with Crippen molar-refractivity contribution >= 4 is 15.9 Å². The van der Waals surface area contributed by atoms with Gasteiger partial charge in [-0.25, -0.2) is 13.1 Å². The van der Waals surface area contributed by atoms with E-state index < -0.39 is 28.7 Å². The zero-order valence-corrected chi connectivity index (χ0v) is 14.2. The summed E-state index contributed by atoms with van der Waals surface area (Å²) in [5, 5.41) is 4.90. The maximum atomic E-state index is 12.3. The van der Waals surface area contributed by atoms with E-state index in [0.717, 1.165) is 32.0 Å². The van der Waals surface area contributed by atoms with E-state index in [-0.39, 0.29) is 22.9 Å². The van der Waals surface area contributed by atoms with Gasteiger partial charge in [-0.05, 0) is 50.0 Å². The lowest BCUT2D eigenvalue weighted by atomic mass is 10.0. The van der Waals surface area contributed by atoms with Crippen LogP contribution >= 0.6 is 0 Å². The van der Waals surface area contributed by atoms with E-state index in [4.69, 9.17) is 0 Å². The lowest BCUT2D eigenvalue weighted by Crippen LogP contribution is -2.38. The maximum Gasteiger partial charge on any atom is 0.405 e. The highest BCUT2D eigenvalue weighted by molar-refractivity contribution is 7.89. The fourth-order valence-corrected chi connectivity index (χ4v) is 3.66. The number of amides is 1. The topological polar surface area (TPSA) is 87.3 Å². The minimum absolute atomic E-state index is 0.147. The molecule has 0 spiro atoms. The average Bonchev–Trinajstić information content (AvgIpc) is 2.58. The summed E-state index contributed by atoms with van der Waals surface area (Å²) in [7, 11) is -3.84. The standard InChI is InChI=1S/C15H20F3N3O3S/c16-15(17,18)10-20-14(22)12-4-1-5-13(7-12)25(23,24)21-9-11-3-2-6-19-8-11/h1,4-5,7,11,19,21H,2-3,6,8-10H2,(H,20,22). The first-order valence-corrected chi connectivity index (χ1v) is 9.31. The molecule has 140 valence electrons. The molecule has 0 radical (unpaired) electrons. The third kappa shape index (κ3) is 6.29. The molecule has 0 aromatic heterocycles. The summed E-state index contributed by atoms with van der Waals surface area (Å²) in [4.78, 5) is 11.6. The molecule has 1 aromatic rings. The van der Waals surface area contributed by atoms with E-state index >= 15 is 0 Å². The number of halogens is 3. The first kappa shape index (κ1) is 19.7. The van der Waals surface area contributed by atoms with Gasteiger partial charge in [0.05, 0.1) is 4.90 Å². The highest BCUT2D eigenvalue weighted by Crippen LogP contribution is 2.15. The summed E-state index contributed by atoms with van der Waals surface area (Å²) in [6, 6.07) is 4.93. The molecule has 2 rings (SSSR count). The number of piperidine rings is 1. The molecule has 6 nitrogen and oxygen atoms in total. The molecule has 3 N–H and O–H groups in total. The van der Waals surface area contributed by atoms with Crippen LogP contribution in [0.5, 0.6) is 0 Å². The summed E-state index contributed by atoms with van der Waals surface area (Å²) < 4.78 is 63.6. The fraction of sp³-hybridized carbons (Fsp3) is 0.533. The molecule has 0 saturated carbocycles. The molecule has 1 aliphatic heterocycles. The number of carbonyl (C=O) groups excluding carboxylic acids is 1. The average molecular weight is 379 g/mol. The summed E-state index contributed by atoms with van der Waals surface area (Å²) in [6.07, 6.45) is -2.65. The van der Waals surface area contributed by atoms with Gasteiger partial charge in [0, 0.05) is 12.1 Å². The van der Waals surface area contributed by atoms with Crippen LogP contribution in [0.25, 0.3) is 0 Å². The largest absolute Gasteiger partial charge is 0.405 e. The number of rotatable bonds is 6. The van der Waals surface area contributed by atoms with Gasteiger partial charge in [-0.3, -0.25) is 4.79 Å². The first-order valence-electron chi connectivity index (χ1n) is 7.83. The van der Waals surface area contributed by atoms with Crippen LogP contribution in [0.2, 0.25) is 0 Å². The monoisotopic (exact) mass is 379 g/mol. The second-order valence-electron chi connectivity index (χ2n) is 5.89. The molecule has 1 unspecified atom stereocenters. The van der Waals surface area contributed by atoms with Crippen LogP contribution in [0.1, 0.15) is 23.2 Å². The fourth-order valence-electron chi connectivity index (χ4n) is 2.50. The normalized spacial score (nSPS) is 18.8. The summed E-state index contributed by atoms with van der Waals surface area (Å²) in [6.45, 7) is 0.427. The highest BCUT2D eigenvalue weighted by Gasteiger charge is 2.28. The number of benzene rings is 1. The van der Waals surface area contributed by atoms with Crippen LogP contribution in [0, 0.1) is 5.92 Å². The van der Waals surface area contributed by atoms with Gasteiger partial charge < -0.3 is 10.6 Å². The Hall–Kier alpha value is -1.65. The molecule has 1 saturated heterocycles. The van der Waals surface area contributed by atoms with Crippen molar-refractivity contribution in [2.45, 2.75) is 23.9 Å². The van der Waals surface area contributed by atoms with Crippen molar-refractivity contribution in [1.82, 2.24) is 15.4 Å². The van der Waals surface area contributed by atoms with Crippen LogP contribution in [0.15, 0.2) is 29.2 Å². The quantitative estimate of drug-likeness (QED) is 0.694. The summed E-state index contributed by atoms with van der Waals surface area (Å²) >= 11 is 0. The Kier molecular flexibility index (Phi) is 6.42. The number of hydrogen-bond acceptors (Lipinski definition) is 4. The van der Waals surface area contributed by atoms with Gasteiger partial charge in [-0.15, -0.1) is 0 Å². The second kappa shape index (κ2) is 8.15. The van der Waals surface area contributed by atoms with Crippen molar-refractivity contribution in [1.29, 1.82) is 0 Å². The molecule has 1 fully saturated rings. The Morgan fingerprint density at radius 3 is 2.72 bits per heavy atom. The molecule has 0 bridgehead atoms. The SMILES string of the molecule is O=C(NCC(F)(F)F)c1cccc(S(=O)(=O)NCC2CCCNC2)c1. The molecule has 1 aromatic carbocycles. The van der Waals surface area contributed by atoms with Crippen molar-refractivity contribution in [2.75, 3.05) is 26.2 Å². The van der Waals surface area contributed by atoms with Crippen LogP contribution in [0.3, 0.4) is 0 Å². The van der Waals surface area contributed by atoms with Crippen LogP contribution in [0.4, 0.5) is 13.2 Å². The Morgan fingerprint density at radius 1 is 1.32 bits per heavy atom.